The summed E-state index contributed by atoms with van der Waals surface area (Å²) in [5.74, 6) is 0.938. The first-order valence-electron chi connectivity index (χ1n) is 9.34. The predicted molar refractivity (Wildman–Crippen MR) is 109 cm³/mol. The van der Waals surface area contributed by atoms with Crippen LogP contribution in [-0.4, -0.2) is 57.8 Å². The minimum absolute atomic E-state index is 0.0145. The van der Waals surface area contributed by atoms with E-state index >= 15 is 0 Å². The number of carbonyl (C=O) groups excluding carboxylic acids is 2. The van der Waals surface area contributed by atoms with Crippen LogP contribution in [0.5, 0.6) is 0 Å². The molecule has 29 heavy (non-hydrogen) atoms. The van der Waals surface area contributed by atoms with Crippen molar-refractivity contribution in [2.24, 2.45) is 0 Å². The quantitative estimate of drug-likeness (QED) is 0.694. The number of anilines is 2. The number of nitrogens with one attached hydrogen (secondary N) is 1. The van der Waals surface area contributed by atoms with Crippen molar-refractivity contribution >= 4 is 34.1 Å². The molecule has 4 heterocycles. The van der Waals surface area contributed by atoms with Gasteiger partial charge >= 0.3 is 0 Å². The third-order valence-corrected chi connectivity index (χ3v) is 5.47. The number of carbonyl (C=O) groups is 2. The summed E-state index contributed by atoms with van der Waals surface area (Å²) in [6, 6.07) is 9.08. The van der Waals surface area contributed by atoms with Crippen LogP contribution in [0.4, 0.5) is 10.9 Å². The van der Waals surface area contributed by atoms with Crippen molar-refractivity contribution in [3.63, 3.8) is 0 Å². The number of aryl methyl sites for hydroxylation is 1. The number of furan rings is 1. The Bertz CT molecular complexity index is 993. The Morgan fingerprint density at radius 2 is 1.90 bits per heavy atom. The first kappa shape index (κ1) is 19.1. The zero-order valence-electron chi connectivity index (χ0n) is 16.0. The van der Waals surface area contributed by atoms with Crippen LogP contribution in [0.15, 0.2) is 46.4 Å². The molecule has 0 atom stereocenters. The van der Waals surface area contributed by atoms with Crippen molar-refractivity contribution in [3.05, 3.63) is 59.1 Å². The number of pyridine rings is 1. The highest BCUT2D eigenvalue weighted by atomic mass is 32.1. The Morgan fingerprint density at radius 3 is 2.62 bits per heavy atom. The average molecular weight is 411 g/mol. The molecule has 1 aliphatic heterocycles. The molecule has 0 saturated carbocycles. The van der Waals surface area contributed by atoms with Crippen LogP contribution in [0.3, 0.4) is 0 Å². The molecule has 0 aliphatic carbocycles. The molecule has 0 aromatic carbocycles. The second-order valence-electron chi connectivity index (χ2n) is 6.76. The van der Waals surface area contributed by atoms with Crippen molar-refractivity contribution < 1.29 is 14.0 Å². The number of piperazine rings is 1. The summed E-state index contributed by atoms with van der Waals surface area (Å²) in [4.78, 5) is 37.3. The van der Waals surface area contributed by atoms with Gasteiger partial charge in [-0.15, -0.1) is 11.3 Å². The van der Waals surface area contributed by atoms with Crippen molar-refractivity contribution in [2.45, 2.75) is 13.3 Å². The van der Waals surface area contributed by atoms with Crippen molar-refractivity contribution in [1.29, 1.82) is 0 Å². The molecule has 1 aliphatic rings. The second-order valence-corrected chi connectivity index (χ2v) is 7.62. The number of aromatic nitrogens is 2. The summed E-state index contributed by atoms with van der Waals surface area (Å²) in [6.45, 7) is 3.93. The average Bonchev–Trinajstić information content (AvgIpc) is 3.40. The van der Waals surface area contributed by atoms with E-state index < -0.39 is 0 Å². The lowest BCUT2D eigenvalue weighted by Gasteiger charge is -2.34. The van der Waals surface area contributed by atoms with E-state index in [0.717, 1.165) is 17.2 Å². The molecular weight excluding hydrogens is 390 g/mol. The van der Waals surface area contributed by atoms with Crippen LogP contribution in [-0.2, 0) is 11.2 Å². The van der Waals surface area contributed by atoms with E-state index in [0.29, 0.717) is 37.1 Å². The highest BCUT2D eigenvalue weighted by molar-refractivity contribution is 7.13. The van der Waals surface area contributed by atoms with Crippen molar-refractivity contribution in [1.82, 2.24) is 19.8 Å². The summed E-state index contributed by atoms with van der Waals surface area (Å²) in [5, 5.41) is 5.76. The lowest BCUT2D eigenvalue weighted by Crippen LogP contribution is -2.50. The molecule has 2 amide bonds. The summed E-state index contributed by atoms with van der Waals surface area (Å²) < 4.78 is 5.16. The summed E-state index contributed by atoms with van der Waals surface area (Å²) in [5.41, 5.74) is 1.65. The van der Waals surface area contributed by atoms with Gasteiger partial charge in [0.05, 0.1) is 18.4 Å². The van der Waals surface area contributed by atoms with E-state index in [2.05, 4.69) is 15.3 Å². The first-order chi connectivity index (χ1) is 14.1. The molecule has 9 heteroatoms. The van der Waals surface area contributed by atoms with E-state index in [9.17, 15) is 9.59 Å². The highest BCUT2D eigenvalue weighted by Crippen LogP contribution is 2.21. The Hall–Kier alpha value is -3.20. The minimum Gasteiger partial charge on any atom is -0.459 e. The number of thiazole rings is 1. The molecule has 3 aromatic rings. The Kier molecular flexibility index (Phi) is 5.57. The maximum Gasteiger partial charge on any atom is 0.289 e. The van der Waals surface area contributed by atoms with E-state index in [-0.39, 0.29) is 18.2 Å². The Morgan fingerprint density at radius 1 is 1.10 bits per heavy atom. The molecule has 150 valence electrons. The lowest BCUT2D eigenvalue weighted by atomic mass is 10.2. The fourth-order valence-corrected chi connectivity index (χ4v) is 3.87. The summed E-state index contributed by atoms with van der Waals surface area (Å²) >= 11 is 1.45. The van der Waals surface area contributed by atoms with Gasteiger partial charge in [0.15, 0.2) is 10.9 Å². The van der Waals surface area contributed by atoms with Crippen LogP contribution >= 0.6 is 11.3 Å². The smallest absolute Gasteiger partial charge is 0.289 e. The van der Waals surface area contributed by atoms with Gasteiger partial charge in [0, 0.05) is 37.3 Å². The number of nitrogens with zero attached hydrogens (tertiary/aromatic N) is 4. The topological polar surface area (TPSA) is 91.6 Å². The molecule has 0 spiro atoms. The van der Waals surface area contributed by atoms with E-state index in [1.807, 2.05) is 30.5 Å². The maximum atomic E-state index is 12.6. The number of rotatable bonds is 5. The molecule has 0 bridgehead atoms. The molecule has 1 saturated heterocycles. The fourth-order valence-electron chi connectivity index (χ4n) is 3.15. The number of hydrogen-bond donors (Lipinski definition) is 1. The fraction of sp³-hybridized carbons (Fsp3) is 0.300. The van der Waals surface area contributed by atoms with Gasteiger partial charge in [0.25, 0.3) is 5.91 Å². The lowest BCUT2D eigenvalue weighted by molar-refractivity contribution is -0.132. The molecule has 4 rings (SSSR count). The highest BCUT2D eigenvalue weighted by Gasteiger charge is 2.26. The summed E-state index contributed by atoms with van der Waals surface area (Å²) in [6.07, 6.45) is 1.73. The predicted octanol–water partition coefficient (Wildman–Crippen LogP) is 2.71. The van der Waals surface area contributed by atoms with E-state index in [4.69, 9.17) is 4.42 Å². The van der Waals surface area contributed by atoms with Crippen molar-refractivity contribution in [3.8, 4) is 0 Å². The Balaban J connectivity index is 1.29. The SMILES string of the molecule is Cc1cccc(Nc2nc(CC(=O)N3CCN(C(=O)c4ccco4)CC3)cs2)n1. The largest absolute Gasteiger partial charge is 0.459 e. The number of hydrogen-bond acceptors (Lipinski definition) is 7. The molecule has 8 nitrogen and oxygen atoms in total. The van der Waals surface area contributed by atoms with Crippen LogP contribution in [0, 0.1) is 6.92 Å². The third kappa shape index (κ3) is 4.62. The first-order valence-corrected chi connectivity index (χ1v) is 10.2. The van der Waals surface area contributed by atoms with Gasteiger partial charge in [-0.05, 0) is 31.2 Å². The van der Waals surface area contributed by atoms with E-state index in [1.54, 1.807) is 21.9 Å². The number of amides is 2. The van der Waals surface area contributed by atoms with Gasteiger partial charge < -0.3 is 19.5 Å². The zero-order chi connectivity index (χ0) is 20.2. The van der Waals surface area contributed by atoms with Crippen LogP contribution in [0.2, 0.25) is 0 Å². The van der Waals surface area contributed by atoms with Gasteiger partial charge in [-0.3, -0.25) is 9.59 Å². The minimum atomic E-state index is -0.137. The van der Waals surface area contributed by atoms with Gasteiger partial charge in [-0.1, -0.05) is 6.07 Å². The second kappa shape index (κ2) is 8.44. The summed E-state index contributed by atoms with van der Waals surface area (Å²) in [7, 11) is 0. The third-order valence-electron chi connectivity index (χ3n) is 4.66. The van der Waals surface area contributed by atoms with Crippen LogP contribution in [0.1, 0.15) is 21.9 Å². The van der Waals surface area contributed by atoms with Crippen LogP contribution in [0.25, 0.3) is 0 Å². The van der Waals surface area contributed by atoms with Gasteiger partial charge in [-0.2, -0.15) is 0 Å². The molecule has 0 unspecified atom stereocenters. The molecule has 1 N–H and O–H groups in total. The zero-order valence-corrected chi connectivity index (χ0v) is 16.8. The molecular formula is C20H21N5O3S. The van der Waals surface area contributed by atoms with Gasteiger partial charge in [0.2, 0.25) is 5.91 Å². The molecule has 1 fully saturated rings. The molecule has 0 radical (unpaired) electrons. The maximum absolute atomic E-state index is 12.6. The monoisotopic (exact) mass is 411 g/mol. The van der Waals surface area contributed by atoms with Gasteiger partial charge in [0.1, 0.15) is 5.82 Å². The normalized spacial score (nSPS) is 14.1. The molecule has 3 aromatic heterocycles. The van der Waals surface area contributed by atoms with E-state index in [1.165, 1.54) is 17.6 Å². The Labute approximate surface area is 172 Å². The van der Waals surface area contributed by atoms with Crippen LogP contribution < -0.4 is 5.32 Å². The van der Waals surface area contributed by atoms with Crippen molar-refractivity contribution in [2.75, 3.05) is 31.5 Å². The standard InChI is InChI=1S/C20H21N5O3S/c1-14-4-2-6-17(21-14)23-20-22-15(13-29-20)12-18(26)24-7-9-25(10-8-24)19(27)16-5-3-11-28-16/h2-6,11,13H,7-10,12H2,1H3,(H,21,22,23). The van der Waals surface area contributed by atoms with Gasteiger partial charge in [-0.25, -0.2) is 9.97 Å².